The highest BCUT2D eigenvalue weighted by Crippen LogP contribution is 2.30. The summed E-state index contributed by atoms with van der Waals surface area (Å²) in [6.07, 6.45) is 6.84. The summed E-state index contributed by atoms with van der Waals surface area (Å²) in [5.74, 6) is 0. The van der Waals surface area contributed by atoms with E-state index in [0.717, 1.165) is 0 Å². The third kappa shape index (κ3) is 2.96. The normalized spacial score (nSPS) is 16.9. The molecule has 1 aliphatic carbocycles. The zero-order chi connectivity index (χ0) is 13.1. The number of hydrogen-bond donors (Lipinski definition) is 1. The molecule has 0 spiro atoms. The molecule has 0 heterocycles. The lowest BCUT2D eigenvalue weighted by Crippen LogP contribution is -2.25. The molecule has 0 aromatic heterocycles. The van der Waals surface area contributed by atoms with E-state index in [1.165, 1.54) is 53.3 Å². The van der Waals surface area contributed by atoms with E-state index in [-0.39, 0.29) is 0 Å². The van der Waals surface area contributed by atoms with Crippen LogP contribution < -0.4 is 4.72 Å². The second kappa shape index (κ2) is 5.98. The van der Waals surface area contributed by atoms with E-state index in [1.54, 1.807) is 0 Å². The van der Waals surface area contributed by atoms with Crippen LogP contribution in [0.4, 0.5) is 0 Å². The van der Waals surface area contributed by atoms with Gasteiger partial charge in [-0.3, -0.25) is 4.72 Å². The molecule has 2 aromatic rings. The molecule has 100 valence electrons. The van der Waals surface area contributed by atoms with Crippen LogP contribution in [0, 0.1) is 6.92 Å². The van der Waals surface area contributed by atoms with Gasteiger partial charge in [-0.05, 0) is 54.1 Å². The first-order valence-corrected chi connectivity index (χ1v) is 8.07. The lowest BCUT2D eigenvalue weighted by Gasteiger charge is -2.22. The maximum Gasteiger partial charge on any atom is 0.0306 e. The maximum atomic E-state index is 3.67. The van der Waals surface area contributed by atoms with Gasteiger partial charge in [-0.25, -0.2) is 0 Å². The first kappa shape index (κ1) is 13.0. The standard InChI is InChI=1S/C17H21NS/c1-13-11-12-17(16-10-6-5-9-15(13)16)19-18-14-7-3-2-4-8-14/h5-6,9-12,14,18H,2-4,7-8H2,1H3. The van der Waals surface area contributed by atoms with Gasteiger partial charge in [0.05, 0.1) is 0 Å². The molecule has 19 heavy (non-hydrogen) atoms. The van der Waals surface area contributed by atoms with Crippen molar-refractivity contribution in [2.75, 3.05) is 0 Å². The smallest absolute Gasteiger partial charge is 0.0306 e. The number of fused-ring (bicyclic) bond motifs is 1. The first-order chi connectivity index (χ1) is 9.34. The molecule has 1 aliphatic rings. The molecule has 1 fully saturated rings. The van der Waals surface area contributed by atoms with Crippen LogP contribution in [0.3, 0.4) is 0 Å². The molecule has 0 unspecified atom stereocenters. The fraction of sp³-hybridized carbons (Fsp3) is 0.412. The molecule has 0 atom stereocenters. The summed E-state index contributed by atoms with van der Waals surface area (Å²) in [4.78, 5) is 1.35. The molecule has 3 rings (SSSR count). The van der Waals surface area contributed by atoms with E-state index >= 15 is 0 Å². The van der Waals surface area contributed by atoms with Gasteiger partial charge in [-0.1, -0.05) is 49.6 Å². The second-order valence-corrected chi connectivity index (χ2v) is 6.36. The Hall–Kier alpha value is -0.990. The zero-order valence-electron chi connectivity index (χ0n) is 11.5. The lowest BCUT2D eigenvalue weighted by atomic mass is 9.96. The summed E-state index contributed by atoms with van der Waals surface area (Å²) < 4.78 is 3.67. The molecular formula is C17H21NS. The monoisotopic (exact) mass is 271 g/mol. The third-order valence-corrected chi connectivity index (χ3v) is 5.07. The largest absolute Gasteiger partial charge is 0.257 e. The van der Waals surface area contributed by atoms with Crippen LogP contribution in [0.15, 0.2) is 41.3 Å². The van der Waals surface area contributed by atoms with Crippen LogP contribution in [0.1, 0.15) is 37.7 Å². The molecule has 0 aliphatic heterocycles. The minimum Gasteiger partial charge on any atom is -0.257 e. The van der Waals surface area contributed by atoms with E-state index in [9.17, 15) is 0 Å². The Balaban J connectivity index is 1.79. The highest BCUT2D eigenvalue weighted by atomic mass is 32.2. The molecule has 0 amide bonds. The number of rotatable bonds is 3. The highest BCUT2D eigenvalue weighted by Gasteiger charge is 2.13. The Morgan fingerprint density at radius 3 is 2.47 bits per heavy atom. The molecule has 1 N–H and O–H groups in total. The van der Waals surface area contributed by atoms with Gasteiger partial charge in [-0.2, -0.15) is 0 Å². The van der Waals surface area contributed by atoms with Crippen molar-refractivity contribution in [2.45, 2.75) is 50.0 Å². The predicted octanol–water partition coefficient (Wildman–Crippen LogP) is 5.08. The van der Waals surface area contributed by atoms with Crippen molar-refractivity contribution in [3.8, 4) is 0 Å². The zero-order valence-corrected chi connectivity index (χ0v) is 12.3. The first-order valence-electron chi connectivity index (χ1n) is 7.25. The quantitative estimate of drug-likeness (QED) is 0.781. The number of aryl methyl sites for hydroxylation is 1. The number of benzene rings is 2. The van der Waals surface area contributed by atoms with Gasteiger partial charge in [0.25, 0.3) is 0 Å². The Kier molecular flexibility index (Phi) is 4.09. The Morgan fingerprint density at radius 1 is 0.947 bits per heavy atom. The fourth-order valence-electron chi connectivity index (χ4n) is 2.88. The minimum atomic E-state index is 0.693. The maximum absolute atomic E-state index is 3.67. The third-order valence-electron chi connectivity index (χ3n) is 4.04. The van der Waals surface area contributed by atoms with Crippen LogP contribution in [-0.4, -0.2) is 6.04 Å². The molecule has 2 heteroatoms. The van der Waals surface area contributed by atoms with E-state index in [4.69, 9.17) is 0 Å². The molecule has 0 radical (unpaired) electrons. The van der Waals surface area contributed by atoms with Gasteiger partial charge in [0.15, 0.2) is 0 Å². The minimum absolute atomic E-state index is 0.693. The Morgan fingerprint density at radius 2 is 1.68 bits per heavy atom. The van der Waals surface area contributed by atoms with E-state index in [2.05, 4.69) is 48.0 Å². The average molecular weight is 271 g/mol. The number of nitrogens with one attached hydrogen (secondary N) is 1. The summed E-state index contributed by atoms with van der Waals surface area (Å²) in [6, 6.07) is 13.9. The topological polar surface area (TPSA) is 12.0 Å². The van der Waals surface area contributed by atoms with Gasteiger partial charge in [-0.15, -0.1) is 0 Å². The van der Waals surface area contributed by atoms with Crippen LogP contribution in [0.25, 0.3) is 10.8 Å². The van der Waals surface area contributed by atoms with Crippen LogP contribution in [-0.2, 0) is 0 Å². The molecule has 0 saturated heterocycles. The molecule has 1 nitrogen and oxygen atoms in total. The van der Waals surface area contributed by atoms with Crippen molar-refractivity contribution in [3.05, 3.63) is 42.0 Å². The van der Waals surface area contributed by atoms with Crippen LogP contribution >= 0.6 is 11.9 Å². The summed E-state index contributed by atoms with van der Waals surface area (Å²) in [5, 5.41) is 2.74. The average Bonchev–Trinajstić information content (AvgIpc) is 2.48. The van der Waals surface area contributed by atoms with E-state index in [0.29, 0.717) is 6.04 Å². The summed E-state index contributed by atoms with van der Waals surface area (Å²) in [6.45, 7) is 2.19. The van der Waals surface area contributed by atoms with Crippen LogP contribution in [0.5, 0.6) is 0 Å². The van der Waals surface area contributed by atoms with Crippen molar-refractivity contribution < 1.29 is 0 Å². The summed E-state index contributed by atoms with van der Waals surface area (Å²) in [5.41, 5.74) is 1.36. The van der Waals surface area contributed by atoms with Crippen molar-refractivity contribution >= 4 is 22.7 Å². The second-order valence-electron chi connectivity index (χ2n) is 5.48. The van der Waals surface area contributed by atoms with Gasteiger partial charge >= 0.3 is 0 Å². The Bertz CT molecular complexity index is 558. The highest BCUT2D eigenvalue weighted by molar-refractivity contribution is 7.97. The van der Waals surface area contributed by atoms with Gasteiger partial charge in [0, 0.05) is 10.9 Å². The van der Waals surface area contributed by atoms with Crippen molar-refractivity contribution in [1.82, 2.24) is 4.72 Å². The summed E-state index contributed by atoms with van der Waals surface area (Å²) in [7, 11) is 0. The SMILES string of the molecule is Cc1ccc(SNC2CCCCC2)c2ccccc12. The molecule has 0 bridgehead atoms. The van der Waals surface area contributed by atoms with Gasteiger partial charge < -0.3 is 0 Å². The Labute approximate surface area is 119 Å². The lowest BCUT2D eigenvalue weighted by molar-refractivity contribution is 0.423. The van der Waals surface area contributed by atoms with E-state index < -0.39 is 0 Å². The van der Waals surface area contributed by atoms with Crippen molar-refractivity contribution in [3.63, 3.8) is 0 Å². The fourth-order valence-corrected chi connectivity index (χ4v) is 3.83. The number of hydrogen-bond acceptors (Lipinski definition) is 2. The van der Waals surface area contributed by atoms with Gasteiger partial charge in [0.2, 0.25) is 0 Å². The molecule has 1 saturated carbocycles. The van der Waals surface area contributed by atoms with Gasteiger partial charge in [0.1, 0.15) is 0 Å². The predicted molar refractivity (Wildman–Crippen MR) is 84.6 cm³/mol. The van der Waals surface area contributed by atoms with Crippen molar-refractivity contribution in [2.24, 2.45) is 0 Å². The van der Waals surface area contributed by atoms with E-state index in [1.807, 2.05) is 11.9 Å². The summed E-state index contributed by atoms with van der Waals surface area (Å²) >= 11 is 1.82. The van der Waals surface area contributed by atoms with Crippen LogP contribution in [0.2, 0.25) is 0 Å². The van der Waals surface area contributed by atoms with Crippen molar-refractivity contribution in [1.29, 1.82) is 0 Å². The molecular weight excluding hydrogens is 250 g/mol. The molecule has 2 aromatic carbocycles.